The van der Waals surface area contributed by atoms with Gasteiger partial charge in [-0.2, -0.15) is 0 Å². The molecule has 2 aliphatic rings. The van der Waals surface area contributed by atoms with Crippen LogP contribution in [0.2, 0.25) is 0 Å². The molecule has 2 atom stereocenters. The summed E-state index contributed by atoms with van der Waals surface area (Å²) in [5.41, 5.74) is 1.44. The van der Waals surface area contributed by atoms with Crippen LogP contribution in [-0.2, 0) is 15.1 Å². The first-order valence-corrected chi connectivity index (χ1v) is 9.25. The van der Waals surface area contributed by atoms with Crippen LogP contribution < -0.4 is 5.32 Å². The van der Waals surface area contributed by atoms with Crippen molar-refractivity contribution in [2.75, 3.05) is 19.7 Å². The highest BCUT2D eigenvalue weighted by atomic mass is 16.5. The zero-order chi connectivity index (χ0) is 18.3. The van der Waals surface area contributed by atoms with Crippen molar-refractivity contribution >= 4 is 5.97 Å². The topological polar surface area (TPSA) is 58.6 Å². The monoisotopic (exact) mass is 351 g/mol. The van der Waals surface area contributed by atoms with Crippen molar-refractivity contribution in [3.63, 3.8) is 0 Å². The van der Waals surface area contributed by atoms with Crippen molar-refractivity contribution in [1.82, 2.24) is 5.32 Å². The number of nitrogens with one attached hydrogen (secondary N) is 1. The molecule has 136 valence electrons. The van der Waals surface area contributed by atoms with Crippen LogP contribution in [0.15, 0.2) is 48.5 Å². The third kappa shape index (κ3) is 2.93. The smallest absolute Gasteiger partial charge is 0.347 e. The maximum Gasteiger partial charge on any atom is 0.347 e. The Bertz CT molecular complexity index is 742. The molecule has 0 radical (unpaired) electrons. The maximum atomic E-state index is 13.0. The van der Waals surface area contributed by atoms with Gasteiger partial charge >= 0.3 is 5.97 Å². The van der Waals surface area contributed by atoms with E-state index in [4.69, 9.17) is 4.74 Å². The number of hydrogen-bond donors (Lipinski definition) is 2. The van der Waals surface area contributed by atoms with Crippen molar-refractivity contribution in [3.05, 3.63) is 70.8 Å². The second-order valence-electron chi connectivity index (χ2n) is 7.69. The highest BCUT2D eigenvalue weighted by molar-refractivity contribution is 5.85. The number of piperidine rings is 1. The van der Waals surface area contributed by atoms with E-state index >= 15 is 0 Å². The van der Waals surface area contributed by atoms with E-state index in [1.54, 1.807) is 24.3 Å². The Hall–Kier alpha value is -2.17. The number of rotatable bonds is 5. The molecule has 2 unspecified atom stereocenters. The lowest BCUT2D eigenvalue weighted by Gasteiger charge is -2.27. The largest absolute Gasteiger partial charge is 0.463 e. The third-order valence-electron chi connectivity index (χ3n) is 5.91. The second kappa shape index (κ2) is 6.53. The molecule has 2 aromatic carbocycles. The van der Waals surface area contributed by atoms with Gasteiger partial charge in [-0.3, -0.25) is 0 Å². The minimum atomic E-state index is -1.79. The van der Waals surface area contributed by atoms with E-state index in [9.17, 15) is 9.90 Å². The van der Waals surface area contributed by atoms with Crippen LogP contribution in [0.4, 0.5) is 0 Å². The molecule has 2 fully saturated rings. The zero-order valence-electron chi connectivity index (χ0n) is 15.2. The Balaban J connectivity index is 1.60. The molecule has 4 nitrogen and oxygen atoms in total. The number of benzene rings is 2. The van der Waals surface area contributed by atoms with Crippen LogP contribution in [0, 0.1) is 31.6 Å². The average Bonchev–Trinajstić information content (AvgIpc) is 3.07. The fourth-order valence-corrected chi connectivity index (χ4v) is 4.06. The number of fused-ring (bicyclic) bond motifs is 1. The van der Waals surface area contributed by atoms with E-state index in [0.717, 1.165) is 24.2 Å². The second-order valence-corrected chi connectivity index (χ2v) is 7.69. The summed E-state index contributed by atoms with van der Waals surface area (Å²) in [6, 6.07) is 14.8. The lowest BCUT2D eigenvalue weighted by atomic mass is 9.85. The average molecular weight is 351 g/mol. The molecular formula is C22H25NO3. The molecule has 0 amide bonds. The van der Waals surface area contributed by atoms with Crippen LogP contribution >= 0.6 is 0 Å². The molecule has 1 aliphatic heterocycles. The number of ether oxygens (including phenoxy) is 1. The normalized spacial score (nSPS) is 24.2. The van der Waals surface area contributed by atoms with E-state index < -0.39 is 11.6 Å². The standard InChI is InChI=1S/C22H25NO3/c1-14-3-7-16(8-4-14)22(25,17-9-5-15(2)6-10-17)21(24)26-13-20-18-11-23-12-19(18)20/h3-10,18-20,23,25H,11-13H2,1-2H3. The minimum absolute atomic E-state index is 0.385. The lowest BCUT2D eigenvalue weighted by molar-refractivity contribution is -0.163. The molecule has 4 rings (SSSR count). The quantitative estimate of drug-likeness (QED) is 0.813. The molecule has 4 heteroatoms. The molecule has 0 bridgehead atoms. The van der Waals surface area contributed by atoms with E-state index in [0.29, 0.717) is 35.5 Å². The van der Waals surface area contributed by atoms with Gasteiger partial charge in [0.25, 0.3) is 0 Å². The van der Waals surface area contributed by atoms with Gasteiger partial charge in [0.15, 0.2) is 0 Å². The summed E-state index contributed by atoms with van der Waals surface area (Å²) < 4.78 is 5.62. The summed E-state index contributed by atoms with van der Waals surface area (Å²) in [6.45, 7) is 6.36. The fourth-order valence-electron chi connectivity index (χ4n) is 4.06. The highest BCUT2D eigenvalue weighted by Gasteiger charge is 2.54. The molecule has 0 spiro atoms. The molecule has 2 N–H and O–H groups in total. The SMILES string of the molecule is Cc1ccc(C(O)(C(=O)OCC2C3CNCC32)c2ccc(C)cc2)cc1. The van der Waals surface area contributed by atoms with Crippen molar-refractivity contribution in [2.24, 2.45) is 17.8 Å². The minimum Gasteiger partial charge on any atom is -0.463 e. The first-order valence-electron chi connectivity index (χ1n) is 9.25. The van der Waals surface area contributed by atoms with E-state index in [1.165, 1.54) is 0 Å². The zero-order valence-corrected chi connectivity index (χ0v) is 15.2. The van der Waals surface area contributed by atoms with Crippen molar-refractivity contribution in [3.8, 4) is 0 Å². The predicted molar refractivity (Wildman–Crippen MR) is 99.7 cm³/mol. The summed E-state index contributed by atoms with van der Waals surface area (Å²) in [5.74, 6) is 1.08. The predicted octanol–water partition coefficient (Wildman–Crippen LogP) is 2.55. The van der Waals surface area contributed by atoms with Crippen LogP contribution in [0.25, 0.3) is 0 Å². The number of aryl methyl sites for hydroxylation is 2. The number of carbonyl (C=O) groups excluding carboxylic acids is 1. The molecular weight excluding hydrogens is 326 g/mol. The Morgan fingerprint density at radius 1 is 1.00 bits per heavy atom. The van der Waals surface area contributed by atoms with Gasteiger partial charge in [0, 0.05) is 5.92 Å². The van der Waals surface area contributed by atoms with Gasteiger partial charge < -0.3 is 15.2 Å². The Morgan fingerprint density at radius 3 is 1.92 bits per heavy atom. The molecule has 2 aromatic rings. The summed E-state index contributed by atoms with van der Waals surface area (Å²) in [4.78, 5) is 13.0. The molecule has 1 aliphatic carbocycles. The molecule has 26 heavy (non-hydrogen) atoms. The van der Waals surface area contributed by atoms with Gasteiger partial charge in [-0.1, -0.05) is 59.7 Å². The summed E-state index contributed by atoms with van der Waals surface area (Å²) in [6.07, 6.45) is 0. The van der Waals surface area contributed by atoms with Crippen LogP contribution in [0.3, 0.4) is 0 Å². The van der Waals surface area contributed by atoms with Crippen molar-refractivity contribution in [2.45, 2.75) is 19.4 Å². The molecule has 1 saturated carbocycles. The van der Waals surface area contributed by atoms with Crippen molar-refractivity contribution < 1.29 is 14.6 Å². The molecule has 1 heterocycles. The van der Waals surface area contributed by atoms with Crippen LogP contribution in [0.1, 0.15) is 22.3 Å². The van der Waals surface area contributed by atoms with Crippen LogP contribution in [-0.4, -0.2) is 30.8 Å². The lowest BCUT2D eigenvalue weighted by Crippen LogP contribution is -2.39. The van der Waals surface area contributed by atoms with Gasteiger partial charge in [0.2, 0.25) is 5.60 Å². The maximum absolute atomic E-state index is 13.0. The molecule has 0 aromatic heterocycles. The van der Waals surface area contributed by atoms with Gasteiger partial charge in [0.05, 0.1) is 6.61 Å². The van der Waals surface area contributed by atoms with E-state index in [2.05, 4.69) is 5.32 Å². The fraction of sp³-hybridized carbons (Fsp3) is 0.409. The number of hydrogen-bond acceptors (Lipinski definition) is 4. The number of aliphatic hydroxyl groups is 1. The Morgan fingerprint density at radius 2 is 1.46 bits per heavy atom. The van der Waals surface area contributed by atoms with Crippen LogP contribution in [0.5, 0.6) is 0 Å². The van der Waals surface area contributed by atoms with E-state index in [-0.39, 0.29) is 0 Å². The van der Waals surface area contributed by atoms with E-state index in [1.807, 2.05) is 38.1 Å². The first kappa shape index (κ1) is 17.3. The first-order chi connectivity index (χ1) is 12.5. The molecule has 1 saturated heterocycles. The number of esters is 1. The number of carbonyl (C=O) groups is 1. The summed E-state index contributed by atoms with van der Waals surface area (Å²) >= 11 is 0. The summed E-state index contributed by atoms with van der Waals surface area (Å²) in [5, 5.41) is 14.8. The van der Waals surface area contributed by atoms with Gasteiger partial charge in [-0.25, -0.2) is 4.79 Å². The Labute approximate surface area is 154 Å². The van der Waals surface area contributed by atoms with Gasteiger partial charge in [0.1, 0.15) is 0 Å². The van der Waals surface area contributed by atoms with Gasteiger partial charge in [-0.05, 0) is 49.9 Å². The Kier molecular flexibility index (Phi) is 4.33. The van der Waals surface area contributed by atoms with Crippen molar-refractivity contribution in [1.29, 1.82) is 0 Å². The van der Waals surface area contributed by atoms with Gasteiger partial charge in [-0.15, -0.1) is 0 Å². The highest BCUT2D eigenvalue weighted by Crippen LogP contribution is 2.48. The summed E-state index contributed by atoms with van der Waals surface area (Å²) in [7, 11) is 0. The third-order valence-corrected chi connectivity index (χ3v) is 5.91.